The molecule has 3 N–H and O–H groups in total. The Morgan fingerprint density at radius 2 is 1.69 bits per heavy atom. The number of hydrogen-bond donors (Lipinski definition) is 2. The number of hydrogen-bond acceptors (Lipinski definition) is 6. The second-order valence-electron chi connectivity index (χ2n) is 7.79. The molecule has 9 heteroatoms. The smallest absolute Gasteiger partial charge is 0.338 e. The average Bonchev–Trinajstić information content (AvgIpc) is 3.33. The van der Waals surface area contributed by atoms with E-state index in [0.29, 0.717) is 17.9 Å². The summed E-state index contributed by atoms with van der Waals surface area (Å²) >= 11 is 0. The van der Waals surface area contributed by atoms with Crippen LogP contribution in [0.4, 0.5) is 10.5 Å². The minimum absolute atomic E-state index is 0.231. The number of rotatable bonds is 7. The van der Waals surface area contributed by atoms with Crippen molar-refractivity contribution in [2.75, 3.05) is 19.0 Å². The Kier molecular flexibility index (Phi) is 7.06. The number of anilines is 1. The largest absolute Gasteiger partial charge is 0.497 e. The van der Waals surface area contributed by atoms with E-state index in [4.69, 9.17) is 15.2 Å². The number of nitrogens with one attached hydrogen (secondary N) is 1. The van der Waals surface area contributed by atoms with Crippen LogP contribution < -0.4 is 15.8 Å². The minimum Gasteiger partial charge on any atom is -0.497 e. The molecule has 0 fully saturated rings. The maximum absolute atomic E-state index is 13.1. The lowest BCUT2D eigenvalue weighted by Gasteiger charge is -2.22. The summed E-state index contributed by atoms with van der Waals surface area (Å²) in [6.45, 7) is -0.474. The van der Waals surface area contributed by atoms with Crippen LogP contribution in [0.1, 0.15) is 33.9 Å². The quantitative estimate of drug-likeness (QED) is 0.507. The van der Waals surface area contributed by atoms with Gasteiger partial charge in [-0.2, -0.15) is 5.10 Å². The molecule has 0 spiro atoms. The van der Waals surface area contributed by atoms with Gasteiger partial charge in [0.1, 0.15) is 5.75 Å². The van der Waals surface area contributed by atoms with E-state index < -0.39 is 24.5 Å². The number of urea groups is 1. The molecule has 1 heterocycles. The van der Waals surface area contributed by atoms with Gasteiger partial charge in [0.05, 0.1) is 24.4 Å². The van der Waals surface area contributed by atoms with E-state index in [9.17, 15) is 14.4 Å². The van der Waals surface area contributed by atoms with Gasteiger partial charge >= 0.3 is 12.0 Å². The highest BCUT2D eigenvalue weighted by Gasteiger charge is 2.33. The lowest BCUT2D eigenvalue weighted by atomic mass is 9.98. The summed E-state index contributed by atoms with van der Waals surface area (Å²) in [4.78, 5) is 36.5. The van der Waals surface area contributed by atoms with E-state index in [0.717, 1.165) is 16.8 Å². The van der Waals surface area contributed by atoms with Gasteiger partial charge in [0, 0.05) is 12.1 Å². The first-order valence-electron chi connectivity index (χ1n) is 10.9. The van der Waals surface area contributed by atoms with Crippen LogP contribution >= 0.6 is 0 Å². The van der Waals surface area contributed by atoms with Gasteiger partial charge in [0.2, 0.25) is 0 Å². The monoisotopic (exact) mass is 472 g/mol. The van der Waals surface area contributed by atoms with Crippen molar-refractivity contribution in [1.82, 2.24) is 5.01 Å². The van der Waals surface area contributed by atoms with E-state index in [1.54, 1.807) is 7.11 Å². The fraction of sp³-hybridized carbons (Fsp3) is 0.154. The molecule has 0 saturated heterocycles. The van der Waals surface area contributed by atoms with Crippen molar-refractivity contribution in [3.05, 3.63) is 95.6 Å². The van der Waals surface area contributed by atoms with E-state index in [-0.39, 0.29) is 11.6 Å². The van der Waals surface area contributed by atoms with Crippen LogP contribution in [0.2, 0.25) is 0 Å². The first-order chi connectivity index (χ1) is 16.9. The van der Waals surface area contributed by atoms with Crippen LogP contribution in [-0.2, 0) is 9.53 Å². The molecule has 0 aromatic heterocycles. The van der Waals surface area contributed by atoms with Crippen LogP contribution in [0.5, 0.6) is 5.75 Å². The summed E-state index contributed by atoms with van der Waals surface area (Å²) in [5.41, 5.74) is 8.32. The highest BCUT2D eigenvalue weighted by molar-refractivity contribution is 6.03. The summed E-state index contributed by atoms with van der Waals surface area (Å²) in [7, 11) is 1.59. The Hall–Kier alpha value is -4.66. The van der Waals surface area contributed by atoms with Crippen molar-refractivity contribution in [2.45, 2.75) is 12.5 Å². The van der Waals surface area contributed by atoms with Crippen molar-refractivity contribution in [3.63, 3.8) is 0 Å². The molecule has 0 bridgehead atoms. The van der Waals surface area contributed by atoms with Gasteiger partial charge < -0.3 is 20.5 Å². The fourth-order valence-corrected chi connectivity index (χ4v) is 3.74. The maximum atomic E-state index is 13.1. The number of nitrogens with zero attached hydrogens (tertiary/aromatic N) is 2. The number of carbonyl (C=O) groups excluding carboxylic acids is 3. The number of esters is 1. The van der Waals surface area contributed by atoms with Gasteiger partial charge in [-0.05, 0) is 47.5 Å². The van der Waals surface area contributed by atoms with Gasteiger partial charge in [0.25, 0.3) is 5.91 Å². The Balaban J connectivity index is 1.48. The molecule has 9 nitrogen and oxygen atoms in total. The highest BCUT2D eigenvalue weighted by Crippen LogP contribution is 2.33. The normalized spacial score (nSPS) is 14.7. The molecule has 3 aromatic rings. The lowest BCUT2D eigenvalue weighted by molar-refractivity contribution is -0.136. The van der Waals surface area contributed by atoms with Crippen molar-refractivity contribution in [3.8, 4) is 5.75 Å². The number of amides is 3. The molecule has 4 rings (SSSR count). The summed E-state index contributed by atoms with van der Waals surface area (Å²) < 4.78 is 10.5. The number of primary amides is 1. The molecule has 0 aliphatic carbocycles. The van der Waals surface area contributed by atoms with Crippen LogP contribution in [0.25, 0.3) is 0 Å². The third-order valence-electron chi connectivity index (χ3n) is 5.49. The molecule has 3 aromatic carbocycles. The minimum atomic E-state index is -0.710. The van der Waals surface area contributed by atoms with E-state index in [1.165, 1.54) is 29.3 Å². The molecule has 178 valence electrons. The summed E-state index contributed by atoms with van der Waals surface area (Å²) in [6, 6.07) is 22.0. The van der Waals surface area contributed by atoms with Gasteiger partial charge in [-0.3, -0.25) is 4.79 Å². The zero-order chi connectivity index (χ0) is 24.8. The molecule has 0 radical (unpaired) electrons. The van der Waals surface area contributed by atoms with E-state index in [1.807, 2.05) is 54.6 Å². The molecule has 0 unspecified atom stereocenters. The maximum Gasteiger partial charge on any atom is 0.338 e. The Morgan fingerprint density at radius 3 is 2.31 bits per heavy atom. The number of ether oxygens (including phenoxy) is 2. The molecular formula is C26H24N4O5. The SMILES string of the molecule is COc1ccc([C@H]2CC(c3ccccc3)=NN2C(=O)COC(=O)c2ccc(NC(N)=O)cc2)cc1. The van der Waals surface area contributed by atoms with Crippen LogP contribution in [0.15, 0.2) is 84.0 Å². The zero-order valence-electron chi connectivity index (χ0n) is 19.0. The van der Waals surface area contributed by atoms with Crippen LogP contribution in [0.3, 0.4) is 0 Å². The number of methoxy groups -OCH3 is 1. The zero-order valence-corrected chi connectivity index (χ0v) is 19.0. The van der Waals surface area contributed by atoms with E-state index >= 15 is 0 Å². The van der Waals surface area contributed by atoms with Crippen molar-refractivity contribution in [2.24, 2.45) is 10.8 Å². The van der Waals surface area contributed by atoms with Gasteiger partial charge in [-0.15, -0.1) is 0 Å². The van der Waals surface area contributed by atoms with Gasteiger partial charge in [-0.1, -0.05) is 42.5 Å². The summed E-state index contributed by atoms with van der Waals surface area (Å²) in [5.74, 6) is -0.409. The number of carbonyl (C=O) groups is 3. The number of nitrogens with two attached hydrogens (primary N) is 1. The van der Waals surface area contributed by atoms with Gasteiger partial charge in [0.15, 0.2) is 6.61 Å². The van der Waals surface area contributed by atoms with Crippen LogP contribution in [0, 0.1) is 0 Å². The fourth-order valence-electron chi connectivity index (χ4n) is 3.74. The standard InChI is InChI=1S/C26H24N4O5/c1-34-21-13-9-18(10-14-21)23-15-22(17-5-3-2-4-6-17)29-30(23)24(31)16-35-25(32)19-7-11-20(12-8-19)28-26(27)33/h2-14,23H,15-16H2,1H3,(H3,27,28,33)/t23-/m1/s1. The summed E-state index contributed by atoms with van der Waals surface area (Å²) in [5, 5.41) is 8.35. The summed E-state index contributed by atoms with van der Waals surface area (Å²) in [6.07, 6.45) is 0.518. The second-order valence-corrected chi connectivity index (χ2v) is 7.79. The molecule has 1 atom stereocenters. The second kappa shape index (κ2) is 10.5. The first-order valence-corrected chi connectivity index (χ1v) is 10.9. The Labute approximate surface area is 202 Å². The molecule has 1 aliphatic rings. The third kappa shape index (κ3) is 5.64. The topological polar surface area (TPSA) is 123 Å². The van der Waals surface area contributed by atoms with E-state index in [2.05, 4.69) is 10.4 Å². The Morgan fingerprint density at radius 1 is 1.00 bits per heavy atom. The first kappa shape index (κ1) is 23.5. The number of hydrazone groups is 1. The molecular weight excluding hydrogens is 448 g/mol. The molecule has 3 amide bonds. The van der Waals surface area contributed by atoms with Crippen LogP contribution in [-0.4, -0.2) is 42.3 Å². The predicted octanol–water partition coefficient (Wildman–Crippen LogP) is 3.72. The number of benzene rings is 3. The highest BCUT2D eigenvalue weighted by atomic mass is 16.5. The van der Waals surface area contributed by atoms with Gasteiger partial charge in [-0.25, -0.2) is 14.6 Å². The lowest BCUT2D eigenvalue weighted by Crippen LogP contribution is -2.31. The van der Waals surface area contributed by atoms with Crippen molar-refractivity contribution in [1.29, 1.82) is 0 Å². The predicted molar refractivity (Wildman–Crippen MR) is 130 cm³/mol. The Bertz CT molecular complexity index is 1240. The third-order valence-corrected chi connectivity index (χ3v) is 5.49. The molecule has 1 aliphatic heterocycles. The van der Waals surface area contributed by atoms with Crippen molar-refractivity contribution < 1.29 is 23.9 Å². The average molecular weight is 473 g/mol. The van der Waals surface area contributed by atoms with Crippen molar-refractivity contribution >= 4 is 29.3 Å². The molecule has 35 heavy (non-hydrogen) atoms. The molecule has 0 saturated carbocycles.